The van der Waals surface area contributed by atoms with Crippen molar-refractivity contribution in [2.75, 3.05) is 5.32 Å². The lowest BCUT2D eigenvalue weighted by molar-refractivity contribution is 0.756. The second-order valence-corrected chi connectivity index (χ2v) is 4.27. The Bertz CT molecular complexity index is 514. The Morgan fingerprint density at radius 1 is 1.35 bits per heavy atom. The maximum atomic E-state index is 5.79. The molecule has 0 aliphatic heterocycles. The first kappa shape index (κ1) is 11.9. The standard InChI is InChI=1S/C11H14ClN5/c1-7-4-10(15-11(12)14-7)13-5-9-6-17(3)16-8(9)2/h4,6H,5H2,1-3H3,(H,13,14,15). The summed E-state index contributed by atoms with van der Waals surface area (Å²) in [6.07, 6.45) is 1.98. The average Bonchev–Trinajstić information content (AvgIpc) is 2.53. The Hall–Kier alpha value is -1.62. The fourth-order valence-electron chi connectivity index (χ4n) is 1.63. The first-order chi connectivity index (χ1) is 8.04. The highest BCUT2D eigenvalue weighted by molar-refractivity contribution is 6.28. The molecule has 2 heterocycles. The Kier molecular flexibility index (Phi) is 3.28. The van der Waals surface area contributed by atoms with Crippen LogP contribution in [-0.4, -0.2) is 19.7 Å². The van der Waals surface area contributed by atoms with Crippen molar-refractivity contribution in [2.24, 2.45) is 7.05 Å². The Morgan fingerprint density at radius 2 is 2.12 bits per heavy atom. The quantitative estimate of drug-likeness (QED) is 0.849. The van der Waals surface area contributed by atoms with Crippen LogP contribution >= 0.6 is 11.6 Å². The SMILES string of the molecule is Cc1cc(NCc2cn(C)nc2C)nc(Cl)n1. The van der Waals surface area contributed by atoms with Crippen LogP contribution in [0.3, 0.4) is 0 Å². The van der Waals surface area contributed by atoms with Gasteiger partial charge >= 0.3 is 0 Å². The van der Waals surface area contributed by atoms with Crippen molar-refractivity contribution in [1.82, 2.24) is 19.7 Å². The molecule has 2 aromatic rings. The van der Waals surface area contributed by atoms with Gasteiger partial charge in [-0.05, 0) is 25.4 Å². The summed E-state index contributed by atoms with van der Waals surface area (Å²) in [5.41, 5.74) is 2.99. The van der Waals surface area contributed by atoms with Crippen molar-refractivity contribution in [3.63, 3.8) is 0 Å². The monoisotopic (exact) mass is 251 g/mol. The number of hydrogen-bond donors (Lipinski definition) is 1. The van der Waals surface area contributed by atoms with Crippen LogP contribution < -0.4 is 5.32 Å². The van der Waals surface area contributed by atoms with Gasteiger partial charge in [-0.25, -0.2) is 9.97 Å². The van der Waals surface area contributed by atoms with E-state index in [1.54, 1.807) is 4.68 Å². The number of nitrogens with zero attached hydrogens (tertiary/aromatic N) is 4. The minimum Gasteiger partial charge on any atom is -0.366 e. The van der Waals surface area contributed by atoms with Gasteiger partial charge in [0, 0.05) is 37.1 Å². The third-order valence-electron chi connectivity index (χ3n) is 2.40. The normalized spacial score (nSPS) is 10.6. The zero-order chi connectivity index (χ0) is 12.4. The van der Waals surface area contributed by atoms with E-state index in [2.05, 4.69) is 20.4 Å². The van der Waals surface area contributed by atoms with Gasteiger partial charge in [0.1, 0.15) is 5.82 Å². The third-order valence-corrected chi connectivity index (χ3v) is 2.57. The molecule has 2 aromatic heterocycles. The van der Waals surface area contributed by atoms with E-state index < -0.39 is 0 Å². The second kappa shape index (κ2) is 4.71. The highest BCUT2D eigenvalue weighted by Crippen LogP contribution is 2.12. The van der Waals surface area contributed by atoms with Gasteiger partial charge in [-0.15, -0.1) is 0 Å². The minimum absolute atomic E-state index is 0.260. The number of rotatable bonds is 3. The molecule has 0 atom stereocenters. The van der Waals surface area contributed by atoms with E-state index in [1.807, 2.05) is 33.2 Å². The van der Waals surface area contributed by atoms with Crippen LogP contribution in [0, 0.1) is 13.8 Å². The summed E-state index contributed by atoms with van der Waals surface area (Å²) in [7, 11) is 1.90. The van der Waals surface area contributed by atoms with Crippen LogP contribution in [0.2, 0.25) is 5.28 Å². The summed E-state index contributed by atoms with van der Waals surface area (Å²) in [6, 6.07) is 1.86. The molecule has 0 unspecified atom stereocenters. The predicted octanol–water partition coefficient (Wildman–Crippen LogP) is 2.09. The van der Waals surface area contributed by atoms with Gasteiger partial charge in [0.25, 0.3) is 0 Å². The topological polar surface area (TPSA) is 55.6 Å². The van der Waals surface area contributed by atoms with E-state index in [4.69, 9.17) is 11.6 Å². The van der Waals surface area contributed by atoms with Gasteiger partial charge in [0.2, 0.25) is 5.28 Å². The van der Waals surface area contributed by atoms with Gasteiger partial charge in [0.05, 0.1) is 5.69 Å². The molecule has 2 rings (SSSR count). The second-order valence-electron chi connectivity index (χ2n) is 3.93. The molecule has 6 heteroatoms. The molecule has 0 amide bonds. The van der Waals surface area contributed by atoms with Gasteiger partial charge in [0.15, 0.2) is 0 Å². The lowest BCUT2D eigenvalue weighted by atomic mass is 10.2. The van der Waals surface area contributed by atoms with Crippen molar-refractivity contribution in [3.05, 3.63) is 34.5 Å². The molecule has 0 bridgehead atoms. The molecule has 0 spiro atoms. The van der Waals surface area contributed by atoms with Crippen LogP contribution in [0.1, 0.15) is 17.0 Å². The maximum absolute atomic E-state index is 5.79. The number of anilines is 1. The molecule has 90 valence electrons. The highest BCUT2D eigenvalue weighted by Gasteiger charge is 2.04. The Labute approximate surface area is 105 Å². The number of halogens is 1. The number of hydrogen-bond acceptors (Lipinski definition) is 4. The minimum atomic E-state index is 0.260. The molecule has 17 heavy (non-hydrogen) atoms. The van der Waals surface area contributed by atoms with E-state index in [0.29, 0.717) is 6.54 Å². The summed E-state index contributed by atoms with van der Waals surface area (Å²) in [5.74, 6) is 0.728. The van der Waals surface area contributed by atoms with E-state index in [-0.39, 0.29) is 5.28 Å². The van der Waals surface area contributed by atoms with E-state index in [0.717, 1.165) is 22.8 Å². The van der Waals surface area contributed by atoms with Gasteiger partial charge in [-0.1, -0.05) is 0 Å². The maximum Gasteiger partial charge on any atom is 0.224 e. The van der Waals surface area contributed by atoms with Crippen molar-refractivity contribution in [2.45, 2.75) is 20.4 Å². The fraction of sp³-hybridized carbons (Fsp3) is 0.364. The van der Waals surface area contributed by atoms with Gasteiger partial charge in [-0.3, -0.25) is 4.68 Å². The number of aromatic nitrogens is 4. The van der Waals surface area contributed by atoms with E-state index >= 15 is 0 Å². The first-order valence-electron chi connectivity index (χ1n) is 5.29. The van der Waals surface area contributed by atoms with Crippen molar-refractivity contribution in [3.8, 4) is 0 Å². The lowest BCUT2D eigenvalue weighted by Gasteiger charge is -2.05. The van der Waals surface area contributed by atoms with Crippen molar-refractivity contribution < 1.29 is 0 Å². The molecular formula is C11H14ClN5. The molecule has 1 N–H and O–H groups in total. The molecular weight excluding hydrogens is 238 g/mol. The molecule has 0 aliphatic carbocycles. The van der Waals surface area contributed by atoms with Crippen LogP contribution in [0.5, 0.6) is 0 Å². The molecule has 0 aromatic carbocycles. The smallest absolute Gasteiger partial charge is 0.224 e. The average molecular weight is 252 g/mol. The summed E-state index contributed by atoms with van der Waals surface area (Å²) < 4.78 is 1.80. The molecule has 0 radical (unpaired) electrons. The molecule has 0 aliphatic rings. The van der Waals surface area contributed by atoms with Crippen LogP contribution in [0.25, 0.3) is 0 Å². The zero-order valence-electron chi connectivity index (χ0n) is 10.0. The molecule has 5 nitrogen and oxygen atoms in total. The molecule has 0 fully saturated rings. The number of nitrogens with one attached hydrogen (secondary N) is 1. The Morgan fingerprint density at radius 3 is 2.71 bits per heavy atom. The fourth-order valence-corrected chi connectivity index (χ4v) is 1.86. The molecule has 0 saturated carbocycles. The van der Waals surface area contributed by atoms with Crippen LogP contribution in [-0.2, 0) is 13.6 Å². The third kappa shape index (κ3) is 2.94. The predicted molar refractivity (Wildman–Crippen MR) is 67.1 cm³/mol. The van der Waals surface area contributed by atoms with Gasteiger partial charge in [-0.2, -0.15) is 5.10 Å². The lowest BCUT2D eigenvalue weighted by Crippen LogP contribution is -2.03. The summed E-state index contributed by atoms with van der Waals surface area (Å²) in [6.45, 7) is 4.54. The first-order valence-corrected chi connectivity index (χ1v) is 5.66. The molecule has 0 saturated heterocycles. The zero-order valence-corrected chi connectivity index (χ0v) is 10.8. The summed E-state index contributed by atoms with van der Waals surface area (Å²) in [4.78, 5) is 8.11. The van der Waals surface area contributed by atoms with Crippen molar-refractivity contribution >= 4 is 17.4 Å². The van der Waals surface area contributed by atoms with E-state index in [1.165, 1.54) is 0 Å². The Balaban J connectivity index is 2.09. The highest BCUT2D eigenvalue weighted by atomic mass is 35.5. The summed E-state index contributed by atoms with van der Waals surface area (Å²) in [5, 5.41) is 7.74. The van der Waals surface area contributed by atoms with Gasteiger partial charge < -0.3 is 5.32 Å². The largest absolute Gasteiger partial charge is 0.366 e. The van der Waals surface area contributed by atoms with Crippen molar-refractivity contribution in [1.29, 1.82) is 0 Å². The van der Waals surface area contributed by atoms with Crippen LogP contribution in [0.15, 0.2) is 12.3 Å². The summed E-state index contributed by atoms with van der Waals surface area (Å²) >= 11 is 5.79. The van der Waals surface area contributed by atoms with Crippen LogP contribution in [0.4, 0.5) is 5.82 Å². The number of aryl methyl sites for hydroxylation is 3. The van der Waals surface area contributed by atoms with E-state index in [9.17, 15) is 0 Å².